The van der Waals surface area contributed by atoms with Gasteiger partial charge in [-0.15, -0.1) is 0 Å². The summed E-state index contributed by atoms with van der Waals surface area (Å²) in [6.07, 6.45) is 3.04. The Hall–Kier alpha value is -1.11. The molecule has 20 heavy (non-hydrogen) atoms. The minimum absolute atomic E-state index is 0.0221. The Morgan fingerprint density at radius 3 is 2.85 bits per heavy atom. The summed E-state index contributed by atoms with van der Waals surface area (Å²) in [7, 11) is -3.55. The quantitative estimate of drug-likeness (QED) is 0.807. The summed E-state index contributed by atoms with van der Waals surface area (Å²) in [4.78, 5) is 0.232. The molecule has 0 aromatic heterocycles. The largest absolute Gasteiger partial charge is 0.398 e. The lowest BCUT2D eigenvalue weighted by atomic mass is 10.1. The van der Waals surface area contributed by atoms with Gasteiger partial charge in [-0.05, 0) is 44.2 Å². The molecule has 2 rings (SSSR count). The molecule has 0 spiro atoms. The average Bonchev–Trinajstić information content (AvgIpc) is 2.84. The molecule has 0 bridgehead atoms. The SMILES string of the molecule is Cc1cccc(N)c1S(=O)(=O)N1CCCC1CCCO. The summed E-state index contributed by atoms with van der Waals surface area (Å²) >= 11 is 0. The molecule has 6 heteroatoms. The Kier molecular flexibility index (Phi) is 4.67. The van der Waals surface area contributed by atoms with Crippen LogP contribution in [0, 0.1) is 6.92 Å². The first-order valence-electron chi connectivity index (χ1n) is 6.96. The van der Waals surface area contributed by atoms with E-state index < -0.39 is 10.0 Å². The van der Waals surface area contributed by atoms with Crippen molar-refractivity contribution in [1.82, 2.24) is 4.31 Å². The summed E-state index contributed by atoms with van der Waals surface area (Å²) < 4.78 is 27.2. The summed E-state index contributed by atoms with van der Waals surface area (Å²) in [6.45, 7) is 2.39. The van der Waals surface area contributed by atoms with E-state index in [0.717, 1.165) is 12.8 Å². The number of anilines is 1. The van der Waals surface area contributed by atoms with Gasteiger partial charge < -0.3 is 10.8 Å². The highest BCUT2D eigenvalue weighted by atomic mass is 32.2. The molecule has 5 nitrogen and oxygen atoms in total. The van der Waals surface area contributed by atoms with Gasteiger partial charge in [0, 0.05) is 19.2 Å². The minimum atomic E-state index is -3.55. The molecule has 1 aliphatic heterocycles. The second-order valence-corrected chi connectivity index (χ2v) is 7.10. The lowest BCUT2D eigenvalue weighted by Gasteiger charge is -2.25. The van der Waals surface area contributed by atoms with E-state index in [2.05, 4.69) is 0 Å². The van der Waals surface area contributed by atoms with Gasteiger partial charge in [0.05, 0.1) is 5.69 Å². The molecule has 1 fully saturated rings. The van der Waals surface area contributed by atoms with Gasteiger partial charge in [0.25, 0.3) is 0 Å². The second kappa shape index (κ2) is 6.11. The van der Waals surface area contributed by atoms with Crippen molar-refractivity contribution in [3.63, 3.8) is 0 Å². The number of sulfonamides is 1. The Morgan fingerprint density at radius 1 is 1.45 bits per heavy atom. The molecular weight excluding hydrogens is 276 g/mol. The first-order chi connectivity index (χ1) is 9.48. The van der Waals surface area contributed by atoms with E-state index in [-0.39, 0.29) is 17.5 Å². The van der Waals surface area contributed by atoms with Crippen LogP contribution in [0.25, 0.3) is 0 Å². The second-order valence-electron chi connectivity index (χ2n) is 5.27. The molecule has 0 saturated carbocycles. The highest BCUT2D eigenvalue weighted by Gasteiger charge is 2.36. The Labute approximate surface area is 120 Å². The van der Waals surface area contributed by atoms with E-state index >= 15 is 0 Å². The van der Waals surface area contributed by atoms with Gasteiger partial charge in [0.1, 0.15) is 4.90 Å². The van der Waals surface area contributed by atoms with Crippen LogP contribution in [-0.4, -0.2) is 37.0 Å². The Bertz CT molecular complexity index is 552. The highest BCUT2D eigenvalue weighted by molar-refractivity contribution is 7.89. The van der Waals surface area contributed by atoms with Gasteiger partial charge in [-0.3, -0.25) is 0 Å². The van der Waals surface area contributed by atoms with Crippen molar-refractivity contribution in [2.75, 3.05) is 18.9 Å². The van der Waals surface area contributed by atoms with Crippen molar-refractivity contribution >= 4 is 15.7 Å². The molecule has 3 N–H and O–H groups in total. The first kappa shape index (κ1) is 15.3. The number of hydrogen-bond acceptors (Lipinski definition) is 4. The van der Waals surface area contributed by atoms with Crippen molar-refractivity contribution in [3.05, 3.63) is 23.8 Å². The molecule has 0 amide bonds. The summed E-state index contributed by atoms with van der Waals surface area (Å²) in [5.74, 6) is 0. The third-order valence-corrected chi connectivity index (χ3v) is 6.00. The van der Waals surface area contributed by atoms with Crippen molar-refractivity contribution < 1.29 is 13.5 Å². The smallest absolute Gasteiger partial charge is 0.245 e. The molecule has 1 saturated heterocycles. The van der Waals surface area contributed by atoms with E-state index in [1.54, 1.807) is 29.4 Å². The van der Waals surface area contributed by atoms with Crippen LogP contribution < -0.4 is 5.73 Å². The first-order valence-corrected chi connectivity index (χ1v) is 8.40. The van der Waals surface area contributed by atoms with Crippen molar-refractivity contribution in [3.8, 4) is 0 Å². The number of aliphatic hydroxyl groups excluding tert-OH is 1. The molecule has 0 aliphatic carbocycles. The van der Waals surface area contributed by atoms with E-state index in [1.165, 1.54) is 0 Å². The third kappa shape index (κ3) is 2.82. The normalized spacial score (nSPS) is 20.4. The maximum absolute atomic E-state index is 12.8. The van der Waals surface area contributed by atoms with Crippen LogP contribution in [0.15, 0.2) is 23.1 Å². The predicted octanol–water partition coefficient (Wildman–Crippen LogP) is 1.50. The van der Waals surface area contributed by atoms with Crippen LogP contribution in [0.5, 0.6) is 0 Å². The van der Waals surface area contributed by atoms with E-state index in [1.807, 2.05) is 0 Å². The highest BCUT2D eigenvalue weighted by Crippen LogP contribution is 2.32. The van der Waals surface area contributed by atoms with Crippen LogP contribution in [0.2, 0.25) is 0 Å². The van der Waals surface area contributed by atoms with Crippen LogP contribution >= 0.6 is 0 Å². The fraction of sp³-hybridized carbons (Fsp3) is 0.571. The minimum Gasteiger partial charge on any atom is -0.398 e. The lowest BCUT2D eigenvalue weighted by Crippen LogP contribution is -2.36. The zero-order valence-electron chi connectivity index (χ0n) is 11.7. The molecule has 1 aliphatic rings. The number of rotatable bonds is 5. The molecule has 0 radical (unpaired) electrons. The van der Waals surface area contributed by atoms with Crippen LogP contribution in [0.3, 0.4) is 0 Å². The van der Waals surface area contributed by atoms with Gasteiger partial charge in [-0.1, -0.05) is 12.1 Å². The zero-order chi connectivity index (χ0) is 14.8. The zero-order valence-corrected chi connectivity index (χ0v) is 12.6. The molecule has 1 aromatic rings. The topological polar surface area (TPSA) is 83.6 Å². The predicted molar refractivity (Wildman–Crippen MR) is 78.8 cm³/mol. The van der Waals surface area contributed by atoms with Gasteiger partial charge in [0.2, 0.25) is 10.0 Å². The molecule has 1 unspecified atom stereocenters. The number of nitrogens with zero attached hydrogens (tertiary/aromatic N) is 1. The summed E-state index contributed by atoms with van der Waals surface area (Å²) in [6, 6.07) is 5.13. The van der Waals surface area contributed by atoms with Crippen molar-refractivity contribution in [2.24, 2.45) is 0 Å². The molecular formula is C14H22N2O3S. The number of hydrogen-bond donors (Lipinski definition) is 2. The fourth-order valence-electron chi connectivity index (χ4n) is 2.89. The monoisotopic (exact) mass is 298 g/mol. The maximum Gasteiger partial charge on any atom is 0.245 e. The summed E-state index contributed by atoms with van der Waals surface area (Å²) in [5, 5.41) is 8.93. The number of benzene rings is 1. The Balaban J connectivity index is 2.34. The number of nitrogen functional groups attached to an aromatic ring is 1. The van der Waals surface area contributed by atoms with Crippen LogP contribution in [0.1, 0.15) is 31.2 Å². The molecule has 112 valence electrons. The molecule has 1 atom stereocenters. The van der Waals surface area contributed by atoms with Crippen LogP contribution in [0.4, 0.5) is 5.69 Å². The van der Waals surface area contributed by atoms with E-state index in [4.69, 9.17) is 10.8 Å². The standard InChI is InChI=1S/C14H22N2O3S/c1-11-5-2-8-13(15)14(11)20(18,19)16-9-3-6-12(16)7-4-10-17/h2,5,8,12,17H,3-4,6-7,9-10,15H2,1H3. The lowest BCUT2D eigenvalue weighted by molar-refractivity contribution is 0.264. The van der Waals surface area contributed by atoms with Gasteiger partial charge in [-0.25, -0.2) is 8.42 Å². The summed E-state index contributed by atoms with van der Waals surface area (Å²) in [5.41, 5.74) is 6.86. The van der Waals surface area contributed by atoms with E-state index in [0.29, 0.717) is 30.6 Å². The van der Waals surface area contributed by atoms with Crippen molar-refractivity contribution in [2.45, 2.75) is 43.5 Å². The third-order valence-electron chi connectivity index (χ3n) is 3.83. The fourth-order valence-corrected chi connectivity index (χ4v) is 4.93. The average molecular weight is 298 g/mol. The van der Waals surface area contributed by atoms with Gasteiger partial charge in [0.15, 0.2) is 0 Å². The van der Waals surface area contributed by atoms with Crippen molar-refractivity contribution in [1.29, 1.82) is 0 Å². The van der Waals surface area contributed by atoms with Crippen LogP contribution in [-0.2, 0) is 10.0 Å². The number of nitrogens with two attached hydrogens (primary N) is 1. The van der Waals surface area contributed by atoms with E-state index in [9.17, 15) is 8.42 Å². The Morgan fingerprint density at radius 2 is 2.20 bits per heavy atom. The maximum atomic E-state index is 12.8. The molecule has 1 aromatic carbocycles. The van der Waals surface area contributed by atoms with Gasteiger partial charge >= 0.3 is 0 Å². The molecule has 1 heterocycles. The number of aryl methyl sites for hydroxylation is 1. The number of aliphatic hydroxyl groups is 1. The van der Waals surface area contributed by atoms with Gasteiger partial charge in [-0.2, -0.15) is 4.31 Å².